The van der Waals surface area contributed by atoms with Gasteiger partial charge >= 0.3 is 5.97 Å². The highest BCUT2D eigenvalue weighted by atomic mass is 32.2. The third-order valence-electron chi connectivity index (χ3n) is 4.66. The van der Waals surface area contributed by atoms with Gasteiger partial charge in [0, 0.05) is 10.8 Å². The number of hydrogen-bond acceptors (Lipinski definition) is 6. The molecule has 1 aliphatic heterocycles. The fourth-order valence-corrected chi connectivity index (χ4v) is 6.70. The Labute approximate surface area is 152 Å². The van der Waals surface area contributed by atoms with E-state index in [1.807, 2.05) is 12.1 Å². The zero-order valence-corrected chi connectivity index (χ0v) is 15.7. The summed E-state index contributed by atoms with van der Waals surface area (Å²) in [5, 5.41) is -0.0473. The van der Waals surface area contributed by atoms with Gasteiger partial charge in [-0.2, -0.15) is 0 Å². The first-order valence-corrected chi connectivity index (χ1v) is 11.4. The lowest BCUT2D eigenvalue weighted by molar-refractivity contribution is -0.139. The summed E-state index contributed by atoms with van der Waals surface area (Å²) in [5.74, 6) is -0.275. The minimum Gasteiger partial charge on any atom is -0.457 e. The van der Waals surface area contributed by atoms with Gasteiger partial charge in [-0.25, -0.2) is 8.42 Å². The van der Waals surface area contributed by atoms with Crippen LogP contribution in [0.3, 0.4) is 0 Å². The number of fused-ring (bicyclic) bond motifs is 1. The lowest BCUT2D eigenvalue weighted by atomic mass is 9.90. The van der Waals surface area contributed by atoms with Crippen LogP contribution in [0.25, 0.3) is 0 Å². The molecule has 1 aliphatic carbocycles. The molecular weight excluding hydrogens is 360 g/mol. The van der Waals surface area contributed by atoms with E-state index in [2.05, 4.69) is 0 Å². The van der Waals surface area contributed by atoms with Gasteiger partial charge in [0.25, 0.3) is 0 Å². The fourth-order valence-electron chi connectivity index (χ4n) is 3.26. The smallest absolute Gasteiger partial charge is 0.316 e. The molecule has 136 valence electrons. The zero-order valence-electron chi connectivity index (χ0n) is 14.0. The van der Waals surface area contributed by atoms with Crippen LogP contribution in [0.1, 0.15) is 40.7 Å². The van der Waals surface area contributed by atoms with Gasteiger partial charge < -0.3 is 4.74 Å². The number of rotatable bonds is 6. The molecule has 1 atom stereocenters. The molecule has 1 aromatic carbocycles. The van der Waals surface area contributed by atoms with Gasteiger partial charge in [-0.1, -0.05) is 12.1 Å². The molecule has 1 fully saturated rings. The molecule has 2 aliphatic rings. The molecule has 25 heavy (non-hydrogen) atoms. The molecule has 5 nitrogen and oxygen atoms in total. The maximum absolute atomic E-state index is 12.2. The summed E-state index contributed by atoms with van der Waals surface area (Å²) in [6.45, 7) is -0.263. The summed E-state index contributed by atoms with van der Waals surface area (Å²) < 4.78 is 27.8. The first-order valence-electron chi connectivity index (χ1n) is 8.55. The topological polar surface area (TPSA) is 77.5 Å². The second kappa shape index (κ2) is 7.91. The number of thioether (sulfide) groups is 1. The highest BCUT2D eigenvalue weighted by molar-refractivity contribution is 8.02. The molecule has 7 heteroatoms. The highest BCUT2D eigenvalue weighted by Gasteiger charge is 2.28. The monoisotopic (exact) mass is 382 g/mol. The van der Waals surface area contributed by atoms with Gasteiger partial charge in [0.1, 0.15) is 0 Å². The van der Waals surface area contributed by atoms with E-state index in [0.717, 1.165) is 19.3 Å². The zero-order chi connectivity index (χ0) is 17.9. The van der Waals surface area contributed by atoms with Crippen LogP contribution in [-0.4, -0.2) is 49.3 Å². The molecule has 0 bridgehead atoms. The van der Waals surface area contributed by atoms with Crippen LogP contribution in [-0.2, 0) is 32.2 Å². The number of benzene rings is 1. The van der Waals surface area contributed by atoms with Crippen LogP contribution in [0.5, 0.6) is 0 Å². The number of ketones is 1. The van der Waals surface area contributed by atoms with Gasteiger partial charge in [0.2, 0.25) is 0 Å². The highest BCUT2D eigenvalue weighted by Crippen LogP contribution is 2.24. The Morgan fingerprint density at radius 3 is 2.64 bits per heavy atom. The summed E-state index contributed by atoms with van der Waals surface area (Å²) in [4.78, 5) is 24.0. The molecule has 1 heterocycles. The summed E-state index contributed by atoms with van der Waals surface area (Å²) in [6, 6.07) is 5.72. The number of Topliss-reactive ketones (excluding diaryl/α,β-unsaturated/α-hetero) is 1. The summed E-state index contributed by atoms with van der Waals surface area (Å²) in [7, 11) is -2.94. The van der Waals surface area contributed by atoms with Crippen molar-refractivity contribution in [2.45, 2.75) is 37.4 Å². The number of sulfone groups is 1. The van der Waals surface area contributed by atoms with Crippen molar-refractivity contribution in [1.29, 1.82) is 0 Å². The Bertz CT molecular complexity index is 770. The van der Waals surface area contributed by atoms with Crippen LogP contribution in [0.4, 0.5) is 0 Å². The van der Waals surface area contributed by atoms with E-state index in [1.54, 1.807) is 6.07 Å². The first-order chi connectivity index (χ1) is 11.9. The average molecular weight is 383 g/mol. The van der Waals surface area contributed by atoms with Crippen molar-refractivity contribution in [3.05, 3.63) is 34.9 Å². The fraction of sp³-hybridized carbons (Fsp3) is 0.556. The molecule has 0 spiro atoms. The average Bonchev–Trinajstić information content (AvgIpc) is 2.96. The number of carbonyl (C=O) groups excluding carboxylic acids is 2. The van der Waals surface area contributed by atoms with Crippen LogP contribution in [0, 0.1) is 0 Å². The van der Waals surface area contributed by atoms with Gasteiger partial charge in [-0.15, -0.1) is 11.8 Å². The quantitative estimate of drug-likeness (QED) is 0.555. The van der Waals surface area contributed by atoms with Gasteiger partial charge in [-0.3, -0.25) is 9.59 Å². The van der Waals surface area contributed by atoms with Crippen LogP contribution in [0.15, 0.2) is 18.2 Å². The molecule has 0 N–H and O–H groups in total. The van der Waals surface area contributed by atoms with Crippen LogP contribution >= 0.6 is 11.8 Å². The second-order valence-electron chi connectivity index (χ2n) is 6.61. The molecule has 3 rings (SSSR count). The van der Waals surface area contributed by atoms with Gasteiger partial charge in [0.05, 0.1) is 17.3 Å². The number of carbonyl (C=O) groups is 2. The number of hydrogen-bond donors (Lipinski definition) is 0. The van der Waals surface area contributed by atoms with Crippen LogP contribution < -0.4 is 0 Å². The maximum Gasteiger partial charge on any atom is 0.316 e. The minimum atomic E-state index is -2.94. The summed E-state index contributed by atoms with van der Waals surface area (Å²) in [5.41, 5.74) is 3.12. The molecule has 0 unspecified atom stereocenters. The normalized spacial score (nSPS) is 21.5. The number of aryl methyl sites for hydroxylation is 2. The Morgan fingerprint density at radius 2 is 1.92 bits per heavy atom. The third-order valence-corrected chi connectivity index (χ3v) is 7.92. The number of ether oxygens (including phenoxy) is 1. The largest absolute Gasteiger partial charge is 0.457 e. The van der Waals surface area contributed by atoms with E-state index in [4.69, 9.17) is 4.74 Å². The minimum absolute atomic E-state index is 0.0473. The summed E-state index contributed by atoms with van der Waals surface area (Å²) in [6.07, 6.45) is 4.98. The van der Waals surface area contributed by atoms with E-state index >= 15 is 0 Å². The van der Waals surface area contributed by atoms with Crippen molar-refractivity contribution in [1.82, 2.24) is 0 Å². The van der Waals surface area contributed by atoms with Crippen molar-refractivity contribution in [2.75, 3.05) is 23.9 Å². The van der Waals surface area contributed by atoms with E-state index < -0.39 is 15.8 Å². The van der Waals surface area contributed by atoms with Crippen molar-refractivity contribution in [3.63, 3.8) is 0 Å². The molecule has 0 aromatic heterocycles. The molecule has 1 aromatic rings. The van der Waals surface area contributed by atoms with E-state index in [0.29, 0.717) is 12.0 Å². The first kappa shape index (κ1) is 18.5. The molecule has 1 saturated heterocycles. The number of esters is 1. The Morgan fingerprint density at radius 1 is 1.16 bits per heavy atom. The lowest BCUT2D eigenvalue weighted by Gasteiger charge is -2.16. The predicted molar refractivity (Wildman–Crippen MR) is 97.9 cm³/mol. The molecule has 0 amide bonds. The van der Waals surface area contributed by atoms with Crippen molar-refractivity contribution < 1.29 is 22.7 Å². The molecule has 0 radical (unpaired) electrons. The van der Waals surface area contributed by atoms with Gasteiger partial charge in [-0.05, 0) is 49.3 Å². The molecule has 0 saturated carbocycles. The van der Waals surface area contributed by atoms with Crippen molar-refractivity contribution in [3.8, 4) is 0 Å². The second-order valence-corrected chi connectivity index (χ2v) is 10.1. The standard InChI is InChI=1S/C18H22O5S2/c19-17(15-6-5-13-3-1-2-4-14(13)9-15)10-23-18(20)11-24-16-7-8-25(21,22)12-16/h5-6,9,16H,1-4,7-8,10-12H2/t16-/m0/s1. The lowest BCUT2D eigenvalue weighted by Crippen LogP contribution is -2.18. The predicted octanol–water partition coefficient (Wildman–Crippen LogP) is 2.21. The third kappa shape index (κ3) is 5.07. The van der Waals surface area contributed by atoms with Crippen molar-refractivity contribution >= 4 is 33.4 Å². The van der Waals surface area contributed by atoms with E-state index in [9.17, 15) is 18.0 Å². The SMILES string of the molecule is O=C(CS[C@H]1CCS(=O)(=O)C1)OCC(=O)c1ccc2c(c1)CCCC2. The van der Waals surface area contributed by atoms with Crippen LogP contribution in [0.2, 0.25) is 0 Å². The summed E-state index contributed by atoms with van der Waals surface area (Å²) >= 11 is 1.30. The Kier molecular flexibility index (Phi) is 5.84. The van der Waals surface area contributed by atoms with E-state index in [1.165, 1.54) is 29.3 Å². The Balaban J connectivity index is 1.45. The van der Waals surface area contributed by atoms with Crippen molar-refractivity contribution in [2.24, 2.45) is 0 Å². The Hall–Kier alpha value is -1.34. The maximum atomic E-state index is 12.2. The van der Waals surface area contributed by atoms with E-state index in [-0.39, 0.29) is 34.9 Å². The van der Waals surface area contributed by atoms with Gasteiger partial charge in [0.15, 0.2) is 22.2 Å². The molecular formula is C18H22O5S2.